The number of carbonyl (C=O) groups excluding carboxylic acids is 1. The fourth-order valence-corrected chi connectivity index (χ4v) is 0.158. The van der Waals surface area contributed by atoms with E-state index in [1.54, 1.807) is 0 Å². The summed E-state index contributed by atoms with van der Waals surface area (Å²) in [4.78, 5) is 9.47. The summed E-state index contributed by atoms with van der Waals surface area (Å²) < 4.78 is 0. The lowest BCUT2D eigenvalue weighted by Gasteiger charge is -1.79. The van der Waals surface area contributed by atoms with Gasteiger partial charge in [-0.3, -0.25) is 4.79 Å². The molecule has 0 atom stereocenters. The zero-order valence-electron chi connectivity index (χ0n) is 6.34. The first-order chi connectivity index (χ1) is 4.68. The van der Waals surface area contributed by atoms with Crippen LogP contribution in [0.25, 0.3) is 0 Å². The Morgan fingerprint density at radius 1 is 1.80 bits per heavy atom. The third-order valence-electron chi connectivity index (χ3n) is 0.713. The summed E-state index contributed by atoms with van der Waals surface area (Å²) >= 11 is 0. The van der Waals surface area contributed by atoms with Crippen LogP contribution >= 0.6 is 0 Å². The van der Waals surface area contributed by atoms with E-state index in [9.17, 15) is 4.79 Å². The molecule has 0 rings (SSSR count). The SMILES string of the molecule is C=CC(N)=O.CCCCO. The minimum atomic E-state index is -0.481. The Morgan fingerprint density at radius 2 is 2.20 bits per heavy atom. The zero-order valence-corrected chi connectivity index (χ0v) is 6.34. The van der Waals surface area contributed by atoms with Crippen LogP contribution < -0.4 is 5.73 Å². The first-order valence-electron chi connectivity index (χ1n) is 3.21. The second kappa shape index (κ2) is 11.0. The molecular weight excluding hydrogens is 130 g/mol. The molecule has 0 radical (unpaired) electrons. The molecule has 0 bridgehead atoms. The molecule has 0 saturated heterocycles. The molecule has 10 heavy (non-hydrogen) atoms. The van der Waals surface area contributed by atoms with Crippen molar-refractivity contribution in [3.63, 3.8) is 0 Å². The van der Waals surface area contributed by atoms with Crippen molar-refractivity contribution < 1.29 is 9.90 Å². The summed E-state index contributed by atoms with van der Waals surface area (Å²) in [5, 5.41) is 8.07. The van der Waals surface area contributed by atoms with Crippen LogP contribution in [0, 0.1) is 0 Å². The average molecular weight is 145 g/mol. The Bertz CT molecular complexity index is 89.6. The molecule has 0 aliphatic carbocycles. The first kappa shape index (κ1) is 11.9. The van der Waals surface area contributed by atoms with Crippen molar-refractivity contribution in [2.45, 2.75) is 19.8 Å². The number of aliphatic hydroxyl groups is 1. The van der Waals surface area contributed by atoms with E-state index in [-0.39, 0.29) is 0 Å². The van der Waals surface area contributed by atoms with Gasteiger partial charge in [-0.15, -0.1) is 0 Å². The van der Waals surface area contributed by atoms with Crippen molar-refractivity contribution in [3.8, 4) is 0 Å². The lowest BCUT2D eigenvalue weighted by molar-refractivity contribution is -0.113. The Labute approximate surface area is 61.5 Å². The van der Waals surface area contributed by atoms with Gasteiger partial charge in [-0.25, -0.2) is 0 Å². The second-order valence-corrected chi connectivity index (χ2v) is 1.68. The van der Waals surface area contributed by atoms with E-state index in [0.717, 1.165) is 18.9 Å². The monoisotopic (exact) mass is 145 g/mol. The predicted molar refractivity (Wildman–Crippen MR) is 41.4 cm³/mol. The molecular formula is C7H15NO2. The number of nitrogens with two attached hydrogens (primary N) is 1. The number of carbonyl (C=O) groups is 1. The van der Waals surface area contributed by atoms with E-state index in [0.29, 0.717) is 6.61 Å². The molecule has 0 spiro atoms. The predicted octanol–water partition coefficient (Wildman–Crippen LogP) is 0.436. The van der Waals surface area contributed by atoms with E-state index >= 15 is 0 Å². The second-order valence-electron chi connectivity index (χ2n) is 1.68. The number of primary amides is 1. The summed E-state index contributed by atoms with van der Waals surface area (Å²) in [6.07, 6.45) is 3.09. The normalized spacial score (nSPS) is 7.40. The Balaban J connectivity index is 0. The number of aliphatic hydroxyl groups excluding tert-OH is 1. The topological polar surface area (TPSA) is 63.3 Å². The van der Waals surface area contributed by atoms with Gasteiger partial charge in [-0.1, -0.05) is 19.9 Å². The lowest BCUT2D eigenvalue weighted by atomic mass is 10.4. The van der Waals surface area contributed by atoms with Gasteiger partial charge in [-0.2, -0.15) is 0 Å². The number of rotatable bonds is 3. The Kier molecular flexibility index (Phi) is 13.1. The third kappa shape index (κ3) is 27.2. The van der Waals surface area contributed by atoms with Crippen LogP contribution in [-0.4, -0.2) is 17.6 Å². The number of hydrogen-bond donors (Lipinski definition) is 2. The van der Waals surface area contributed by atoms with Crippen LogP contribution in [0.5, 0.6) is 0 Å². The summed E-state index contributed by atoms with van der Waals surface area (Å²) in [7, 11) is 0. The molecule has 1 amide bonds. The molecule has 3 nitrogen and oxygen atoms in total. The van der Waals surface area contributed by atoms with Gasteiger partial charge in [0.05, 0.1) is 0 Å². The smallest absolute Gasteiger partial charge is 0.240 e. The molecule has 0 aromatic rings. The fourth-order valence-electron chi connectivity index (χ4n) is 0.158. The summed E-state index contributed by atoms with van der Waals surface area (Å²) in [6, 6.07) is 0. The standard InChI is InChI=1S/C4H10O.C3H5NO/c1-2-3-4-5;1-2-3(4)5/h5H,2-4H2,1H3;2H,1H2,(H2,4,5). The maximum atomic E-state index is 9.47. The number of amides is 1. The highest BCUT2D eigenvalue weighted by Crippen LogP contribution is 1.78. The van der Waals surface area contributed by atoms with Crippen LogP contribution in [0.1, 0.15) is 19.8 Å². The van der Waals surface area contributed by atoms with Gasteiger partial charge in [0.15, 0.2) is 0 Å². The van der Waals surface area contributed by atoms with E-state index in [1.165, 1.54) is 0 Å². The molecule has 3 N–H and O–H groups in total. The zero-order chi connectivity index (χ0) is 8.41. The van der Waals surface area contributed by atoms with Gasteiger partial charge < -0.3 is 10.8 Å². The molecule has 0 aromatic heterocycles. The molecule has 0 saturated carbocycles. The van der Waals surface area contributed by atoms with Crippen LogP contribution in [0.2, 0.25) is 0 Å². The van der Waals surface area contributed by atoms with Crippen molar-refractivity contribution in [1.82, 2.24) is 0 Å². The maximum Gasteiger partial charge on any atom is 0.240 e. The van der Waals surface area contributed by atoms with E-state index in [1.807, 2.05) is 0 Å². The van der Waals surface area contributed by atoms with Crippen LogP contribution in [0.4, 0.5) is 0 Å². The molecule has 60 valence electrons. The minimum Gasteiger partial charge on any atom is -0.396 e. The highest BCUT2D eigenvalue weighted by molar-refractivity contribution is 5.84. The molecule has 0 fully saturated rings. The average Bonchev–Trinajstić information content (AvgIpc) is 1.91. The summed E-state index contributed by atoms with van der Waals surface area (Å²) in [5.41, 5.74) is 4.53. The lowest BCUT2D eigenvalue weighted by Crippen LogP contribution is -2.04. The van der Waals surface area contributed by atoms with Gasteiger partial charge in [0.1, 0.15) is 0 Å². The van der Waals surface area contributed by atoms with Gasteiger partial charge in [0.2, 0.25) is 5.91 Å². The molecule has 0 aromatic carbocycles. The van der Waals surface area contributed by atoms with Crippen LogP contribution in [-0.2, 0) is 4.79 Å². The largest absolute Gasteiger partial charge is 0.396 e. The number of hydrogen-bond acceptors (Lipinski definition) is 2. The van der Waals surface area contributed by atoms with E-state index < -0.39 is 5.91 Å². The highest BCUT2D eigenvalue weighted by atomic mass is 16.2. The maximum absolute atomic E-state index is 9.47. The summed E-state index contributed by atoms with van der Waals surface area (Å²) in [6.45, 7) is 5.48. The van der Waals surface area contributed by atoms with Crippen LogP contribution in [0.15, 0.2) is 12.7 Å². The minimum absolute atomic E-state index is 0.344. The third-order valence-corrected chi connectivity index (χ3v) is 0.713. The van der Waals surface area contributed by atoms with Gasteiger partial charge >= 0.3 is 0 Å². The molecule has 0 heterocycles. The quantitative estimate of drug-likeness (QED) is 0.566. The van der Waals surface area contributed by atoms with Crippen molar-refractivity contribution in [1.29, 1.82) is 0 Å². The fraction of sp³-hybridized carbons (Fsp3) is 0.571. The molecule has 0 unspecified atom stereocenters. The summed E-state index contributed by atoms with van der Waals surface area (Å²) in [5.74, 6) is -0.481. The molecule has 0 aliphatic rings. The van der Waals surface area contributed by atoms with E-state index in [4.69, 9.17) is 5.11 Å². The van der Waals surface area contributed by atoms with Gasteiger partial charge in [0.25, 0.3) is 0 Å². The van der Waals surface area contributed by atoms with Crippen molar-refractivity contribution >= 4 is 5.91 Å². The van der Waals surface area contributed by atoms with Crippen molar-refractivity contribution in [3.05, 3.63) is 12.7 Å². The molecule has 3 heteroatoms. The van der Waals surface area contributed by atoms with Crippen molar-refractivity contribution in [2.24, 2.45) is 5.73 Å². The van der Waals surface area contributed by atoms with E-state index in [2.05, 4.69) is 19.2 Å². The number of unbranched alkanes of at least 4 members (excludes halogenated alkanes) is 1. The first-order valence-corrected chi connectivity index (χ1v) is 3.21. The Hall–Kier alpha value is -0.830. The van der Waals surface area contributed by atoms with Gasteiger partial charge in [-0.05, 0) is 12.5 Å². The van der Waals surface area contributed by atoms with Crippen molar-refractivity contribution in [2.75, 3.05) is 6.61 Å². The molecule has 0 aliphatic heterocycles. The Morgan fingerprint density at radius 3 is 2.20 bits per heavy atom. The van der Waals surface area contributed by atoms with Gasteiger partial charge in [0, 0.05) is 6.61 Å². The highest BCUT2D eigenvalue weighted by Gasteiger charge is 1.69. The van der Waals surface area contributed by atoms with Crippen LogP contribution in [0.3, 0.4) is 0 Å².